The Morgan fingerprint density at radius 1 is 1.43 bits per heavy atom. The minimum Gasteiger partial charge on any atom is -0.313 e. The third kappa shape index (κ3) is 1.33. The Labute approximate surface area is 82.4 Å². The Balaban J connectivity index is 2.87. The van der Waals surface area contributed by atoms with Crippen LogP contribution in [-0.4, -0.2) is 17.2 Å². The summed E-state index contributed by atoms with van der Waals surface area (Å²) >= 11 is 0. The van der Waals surface area contributed by atoms with Crippen LogP contribution in [0.25, 0.3) is 10.9 Å². The van der Waals surface area contributed by atoms with Crippen molar-refractivity contribution >= 4 is 23.6 Å². The third-order valence-electron chi connectivity index (χ3n) is 2.34. The van der Waals surface area contributed by atoms with Gasteiger partial charge in [0.1, 0.15) is 7.28 Å². The van der Waals surface area contributed by atoms with Crippen molar-refractivity contribution in [3.8, 4) is 0 Å². The van der Waals surface area contributed by atoms with Crippen molar-refractivity contribution in [2.75, 3.05) is 0 Å². The molecule has 0 aliphatic heterocycles. The van der Waals surface area contributed by atoms with Crippen LogP contribution in [0.1, 0.15) is 5.56 Å². The molecule has 0 saturated heterocycles. The lowest BCUT2D eigenvalue weighted by atomic mass is 9.71. The van der Waals surface area contributed by atoms with Crippen molar-refractivity contribution in [2.45, 2.75) is 13.7 Å². The van der Waals surface area contributed by atoms with Gasteiger partial charge in [0.15, 0.2) is 0 Å². The predicted molar refractivity (Wildman–Crippen MR) is 58.4 cm³/mol. The highest BCUT2D eigenvalue weighted by Crippen LogP contribution is 2.06. The average molecular weight is 185 g/mol. The van der Waals surface area contributed by atoms with Crippen molar-refractivity contribution in [1.29, 1.82) is 0 Å². The predicted octanol–water partition coefficient (Wildman–Crippen LogP) is 0.609. The summed E-state index contributed by atoms with van der Waals surface area (Å²) in [5, 5.41) is 0.645. The van der Waals surface area contributed by atoms with Crippen LogP contribution in [0.4, 0.5) is 0 Å². The van der Waals surface area contributed by atoms with Gasteiger partial charge in [0, 0.05) is 0 Å². The zero-order valence-electron chi connectivity index (χ0n) is 8.16. The Kier molecular flexibility index (Phi) is 2.12. The number of fused-ring (bicyclic) bond motifs is 1. The lowest BCUT2D eigenvalue weighted by Crippen LogP contribution is -2.17. The summed E-state index contributed by atoms with van der Waals surface area (Å²) < 4.78 is 0. The van der Waals surface area contributed by atoms with Gasteiger partial charge in [-0.1, -0.05) is 23.9 Å². The van der Waals surface area contributed by atoms with E-state index in [-0.39, 0.29) is 5.56 Å². The van der Waals surface area contributed by atoms with E-state index in [1.54, 1.807) is 0 Å². The molecule has 1 aromatic carbocycles. The van der Waals surface area contributed by atoms with Crippen molar-refractivity contribution in [2.24, 2.45) is 0 Å². The molecule has 2 aromatic rings. The molecule has 1 heterocycles. The van der Waals surface area contributed by atoms with E-state index in [9.17, 15) is 4.79 Å². The maximum absolute atomic E-state index is 11.4. The number of aromatic amines is 1. The summed E-state index contributed by atoms with van der Waals surface area (Å²) in [6.07, 6.45) is 1.43. The molecule has 0 saturated carbocycles. The van der Waals surface area contributed by atoms with Crippen LogP contribution < -0.4 is 11.0 Å². The molecule has 0 aliphatic rings. The van der Waals surface area contributed by atoms with Gasteiger partial charge in [0.2, 0.25) is 0 Å². The first-order valence-corrected chi connectivity index (χ1v) is 4.50. The minimum atomic E-state index is -0.0851. The van der Waals surface area contributed by atoms with Gasteiger partial charge in [0.05, 0.1) is 17.2 Å². The van der Waals surface area contributed by atoms with Gasteiger partial charge < -0.3 is 4.98 Å². The molecule has 1 N–H and O–H groups in total. The Morgan fingerprint density at radius 2 is 2.21 bits per heavy atom. The minimum absolute atomic E-state index is 0.0851. The molecule has 0 fully saturated rings. The van der Waals surface area contributed by atoms with Gasteiger partial charge in [-0.15, -0.1) is 0 Å². The van der Waals surface area contributed by atoms with Crippen LogP contribution in [0.2, 0.25) is 6.82 Å². The van der Waals surface area contributed by atoms with Crippen LogP contribution in [0.15, 0.2) is 23.3 Å². The van der Waals surface area contributed by atoms with Crippen LogP contribution in [0.5, 0.6) is 0 Å². The first-order valence-electron chi connectivity index (χ1n) is 4.50. The summed E-state index contributed by atoms with van der Waals surface area (Å²) in [7, 11) is 1.99. The van der Waals surface area contributed by atoms with Gasteiger partial charge in [0.25, 0.3) is 5.56 Å². The fourth-order valence-corrected chi connectivity index (χ4v) is 1.55. The number of aromatic nitrogens is 2. The first kappa shape index (κ1) is 9.00. The number of nitrogens with zero attached hydrogens (tertiary/aromatic N) is 1. The van der Waals surface area contributed by atoms with E-state index in [4.69, 9.17) is 0 Å². The van der Waals surface area contributed by atoms with E-state index in [0.717, 1.165) is 16.5 Å². The van der Waals surface area contributed by atoms with Gasteiger partial charge in [-0.3, -0.25) is 4.79 Å². The van der Waals surface area contributed by atoms with Gasteiger partial charge in [-0.05, 0) is 13.0 Å². The number of hydrogen-bond acceptors (Lipinski definition) is 2. The summed E-state index contributed by atoms with van der Waals surface area (Å²) in [5.41, 5.74) is 2.88. The number of hydrogen-bond donors (Lipinski definition) is 1. The summed E-state index contributed by atoms with van der Waals surface area (Å²) in [6.45, 7) is 3.97. The number of nitrogens with one attached hydrogen (secondary N) is 1. The second kappa shape index (κ2) is 3.29. The van der Waals surface area contributed by atoms with Crippen molar-refractivity contribution in [1.82, 2.24) is 9.97 Å². The molecule has 0 bridgehead atoms. The zero-order chi connectivity index (χ0) is 10.1. The third-order valence-corrected chi connectivity index (χ3v) is 2.34. The Morgan fingerprint density at radius 3 is 2.93 bits per heavy atom. The molecule has 0 atom stereocenters. The first-order chi connectivity index (χ1) is 6.72. The van der Waals surface area contributed by atoms with Crippen molar-refractivity contribution in [3.05, 3.63) is 34.4 Å². The van der Waals surface area contributed by atoms with Gasteiger partial charge in [-0.25, -0.2) is 4.98 Å². The smallest absolute Gasteiger partial charge is 0.258 e. The molecule has 0 amide bonds. The lowest BCUT2D eigenvalue weighted by Gasteiger charge is -2.03. The Bertz CT molecular complexity index is 533. The highest BCUT2D eigenvalue weighted by atomic mass is 16.1. The summed E-state index contributed by atoms with van der Waals surface area (Å²) in [4.78, 5) is 18.1. The summed E-state index contributed by atoms with van der Waals surface area (Å²) in [5.74, 6) is 0. The SMILES string of the molecule is C[B]c1cc2c(=O)[nH]cnc2cc1C. The Hall–Kier alpha value is -1.58. The number of H-pyrrole nitrogens is 1. The van der Waals surface area contributed by atoms with E-state index in [1.807, 2.05) is 33.2 Å². The van der Waals surface area contributed by atoms with Crippen LogP contribution in [-0.2, 0) is 0 Å². The monoisotopic (exact) mass is 185 g/mol. The van der Waals surface area contributed by atoms with E-state index in [2.05, 4.69) is 9.97 Å². The standard InChI is InChI=1S/C10H10BN2O/c1-6-3-9-7(4-8(6)11-2)10(14)13-5-12-9/h3-5H,1-2H3,(H,12,13,14). The molecule has 14 heavy (non-hydrogen) atoms. The highest BCUT2D eigenvalue weighted by Gasteiger charge is 2.03. The maximum Gasteiger partial charge on any atom is 0.258 e. The molecule has 0 spiro atoms. The molecule has 0 unspecified atom stereocenters. The number of rotatable bonds is 1. The van der Waals surface area contributed by atoms with E-state index in [0.29, 0.717) is 5.39 Å². The summed E-state index contributed by atoms with van der Waals surface area (Å²) in [6, 6.07) is 3.80. The molecule has 3 nitrogen and oxygen atoms in total. The van der Waals surface area contributed by atoms with E-state index in [1.165, 1.54) is 6.33 Å². The lowest BCUT2D eigenvalue weighted by molar-refractivity contribution is 1.17. The molecule has 4 heteroatoms. The molecule has 2 rings (SSSR count). The average Bonchev–Trinajstić information content (AvgIpc) is 2.17. The topological polar surface area (TPSA) is 45.8 Å². The molecule has 1 radical (unpaired) electrons. The molecular weight excluding hydrogens is 175 g/mol. The second-order valence-electron chi connectivity index (χ2n) is 3.25. The number of aryl methyl sites for hydroxylation is 1. The second-order valence-corrected chi connectivity index (χ2v) is 3.25. The highest BCUT2D eigenvalue weighted by molar-refractivity contribution is 6.53. The van der Waals surface area contributed by atoms with Crippen LogP contribution in [0.3, 0.4) is 0 Å². The van der Waals surface area contributed by atoms with Crippen molar-refractivity contribution in [3.63, 3.8) is 0 Å². The van der Waals surface area contributed by atoms with Crippen molar-refractivity contribution < 1.29 is 0 Å². The van der Waals surface area contributed by atoms with E-state index < -0.39 is 0 Å². The molecular formula is C10H10BN2O. The molecule has 0 aliphatic carbocycles. The maximum atomic E-state index is 11.4. The largest absolute Gasteiger partial charge is 0.313 e. The van der Waals surface area contributed by atoms with Crippen LogP contribution >= 0.6 is 0 Å². The fourth-order valence-electron chi connectivity index (χ4n) is 1.55. The van der Waals surface area contributed by atoms with Crippen LogP contribution in [0, 0.1) is 6.92 Å². The van der Waals surface area contributed by atoms with Gasteiger partial charge in [-0.2, -0.15) is 0 Å². The zero-order valence-corrected chi connectivity index (χ0v) is 8.16. The molecule has 1 aromatic heterocycles. The quantitative estimate of drug-likeness (QED) is 0.661. The van der Waals surface area contributed by atoms with E-state index >= 15 is 0 Å². The fraction of sp³-hybridized carbons (Fsp3) is 0.200. The normalized spacial score (nSPS) is 10.4. The number of benzene rings is 1. The van der Waals surface area contributed by atoms with Gasteiger partial charge >= 0.3 is 0 Å². The molecule has 69 valence electrons.